The third kappa shape index (κ3) is 4.49. The average Bonchev–Trinajstić information content (AvgIpc) is 3.55. The van der Waals surface area contributed by atoms with Crippen molar-refractivity contribution >= 4 is 34.6 Å². The van der Waals surface area contributed by atoms with Crippen molar-refractivity contribution in [2.45, 2.75) is 50.1 Å². The Hall–Kier alpha value is -3.57. The van der Waals surface area contributed by atoms with Gasteiger partial charge in [-0.2, -0.15) is 9.97 Å². The minimum absolute atomic E-state index is 0.0194. The van der Waals surface area contributed by atoms with E-state index < -0.39 is 36.3 Å². The lowest BCUT2D eigenvalue weighted by Gasteiger charge is -2.23. The summed E-state index contributed by atoms with van der Waals surface area (Å²) in [5.74, 6) is -1.57. The second-order valence-electron chi connectivity index (χ2n) is 9.77. The van der Waals surface area contributed by atoms with Crippen LogP contribution in [0.15, 0.2) is 67.0 Å². The summed E-state index contributed by atoms with van der Waals surface area (Å²) < 4.78 is 19.4. The van der Waals surface area contributed by atoms with E-state index in [4.69, 9.17) is 25.8 Å². The molecule has 10 nitrogen and oxygen atoms in total. The minimum atomic E-state index is -1.20. The Labute approximate surface area is 223 Å². The largest absolute Gasteiger partial charge is 0.479 e. The SMILES string of the molecule is CC1(C)OC2C(C(=O)O)OC(n3cnc4c(NCC(c5ccccc5)c5ccccc5)nc(Cl)nc43)C2O1. The zero-order chi connectivity index (χ0) is 26.4. The number of hydrogen-bond donors (Lipinski definition) is 2. The predicted octanol–water partition coefficient (Wildman–Crippen LogP) is 4.23. The Kier molecular flexibility index (Phi) is 6.27. The van der Waals surface area contributed by atoms with E-state index in [1.165, 1.54) is 6.33 Å². The molecular formula is C27H26ClN5O5. The van der Waals surface area contributed by atoms with E-state index in [0.717, 1.165) is 11.1 Å². The zero-order valence-electron chi connectivity index (χ0n) is 20.7. The maximum Gasteiger partial charge on any atom is 0.335 e. The van der Waals surface area contributed by atoms with Crippen LogP contribution in [0, 0.1) is 0 Å². The van der Waals surface area contributed by atoms with Gasteiger partial charge in [-0.15, -0.1) is 0 Å². The van der Waals surface area contributed by atoms with Gasteiger partial charge in [0.25, 0.3) is 0 Å². The number of imidazole rings is 1. The average molecular weight is 536 g/mol. The van der Waals surface area contributed by atoms with Crippen LogP contribution in [0.5, 0.6) is 0 Å². The molecule has 4 atom stereocenters. The molecule has 2 aromatic heterocycles. The normalized spacial score (nSPS) is 24.1. The van der Waals surface area contributed by atoms with Crippen molar-refractivity contribution < 1.29 is 24.1 Å². The molecule has 38 heavy (non-hydrogen) atoms. The van der Waals surface area contributed by atoms with Crippen LogP contribution in [0.3, 0.4) is 0 Å². The number of carbonyl (C=O) groups is 1. The maximum absolute atomic E-state index is 11.9. The molecule has 0 saturated carbocycles. The molecule has 0 aliphatic carbocycles. The van der Waals surface area contributed by atoms with Gasteiger partial charge in [0, 0.05) is 12.5 Å². The number of carboxylic acids is 1. The van der Waals surface area contributed by atoms with Crippen LogP contribution in [0.2, 0.25) is 5.28 Å². The highest BCUT2D eigenvalue weighted by Gasteiger charge is 2.58. The zero-order valence-corrected chi connectivity index (χ0v) is 21.4. The summed E-state index contributed by atoms with van der Waals surface area (Å²) in [7, 11) is 0. The standard InChI is InChI=1S/C27H26ClN5O5/c1-27(2)37-19-20(38-27)24(36-21(19)25(34)35)33-14-30-18-22(31-26(28)32-23(18)33)29-13-17(15-9-5-3-6-10-15)16-11-7-4-8-12-16/h3-12,14,17,19-21,24H,13H2,1-2H3,(H,34,35)(H,29,31,32). The number of hydrogen-bond acceptors (Lipinski definition) is 8. The molecule has 2 aliphatic heterocycles. The smallest absolute Gasteiger partial charge is 0.335 e. The van der Waals surface area contributed by atoms with Crippen molar-refractivity contribution in [1.29, 1.82) is 0 Å². The van der Waals surface area contributed by atoms with Crippen molar-refractivity contribution in [3.8, 4) is 0 Å². The molecule has 0 spiro atoms. The van der Waals surface area contributed by atoms with Gasteiger partial charge in [-0.05, 0) is 36.6 Å². The number of fused-ring (bicyclic) bond motifs is 2. The van der Waals surface area contributed by atoms with Crippen LogP contribution in [0.25, 0.3) is 11.2 Å². The van der Waals surface area contributed by atoms with E-state index in [-0.39, 0.29) is 11.2 Å². The van der Waals surface area contributed by atoms with Gasteiger partial charge in [-0.3, -0.25) is 4.57 Å². The first-order chi connectivity index (χ1) is 18.3. The molecule has 2 aliphatic rings. The van der Waals surface area contributed by atoms with Gasteiger partial charge in [-0.1, -0.05) is 60.7 Å². The van der Waals surface area contributed by atoms with E-state index in [1.54, 1.807) is 18.4 Å². The summed E-state index contributed by atoms with van der Waals surface area (Å²) >= 11 is 6.35. The molecule has 196 valence electrons. The Morgan fingerprint density at radius 1 is 1.05 bits per heavy atom. The highest BCUT2D eigenvalue weighted by atomic mass is 35.5. The lowest BCUT2D eigenvalue weighted by molar-refractivity contribution is -0.202. The Morgan fingerprint density at radius 3 is 2.32 bits per heavy atom. The molecule has 2 saturated heterocycles. The fraction of sp³-hybridized carbons (Fsp3) is 0.333. The van der Waals surface area contributed by atoms with Crippen molar-refractivity contribution in [3.63, 3.8) is 0 Å². The summed E-state index contributed by atoms with van der Waals surface area (Å²) in [6.07, 6.45) is -1.94. The third-order valence-electron chi connectivity index (χ3n) is 6.82. The first-order valence-corrected chi connectivity index (χ1v) is 12.7. The first-order valence-electron chi connectivity index (χ1n) is 12.3. The quantitative estimate of drug-likeness (QED) is 0.335. The number of halogens is 1. The number of nitrogens with zero attached hydrogens (tertiary/aromatic N) is 4. The van der Waals surface area contributed by atoms with Gasteiger partial charge in [0.15, 0.2) is 35.1 Å². The maximum atomic E-state index is 11.9. The van der Waals surface area contributed by atoms with Crippen LogP contribution in [-0.2, 0) is 19.0 Å². The molecule has 4 aromatic rings. The minimum Gasteiger partial charge on any atom is -0.479 e. The highest BCUT2D eigenvalue weighted by molar-refractivity contribution is 6.28. The van der Waals surface area contributed by atoms with Gasteiger partial charge >= 0.3 is 5.97 Å². The number of aliphatic carboxylic acids is 1. The number of benzene rings is 2. The van der Waals surface area contributed by atoms with Crippen molar-refractivity contribution in [1.82, 2.24) is 19.5 Å². The number of rotatable bonds is 7. The molecule has 0 radical (unpaired) electrons. The molecule has 2 aromatic carbocycles. The molecule has 2 N–H and O–H groups in total. The molecule has 4 heterocycles. The molecular weight excluding hydrogens is 510 g/mol. The number of nitrogens with one attached hydrogen (secondary N) is 1. The number of aromatic nitrogens is 4. The fourth-order valence-corrected chi connectivity index (χ4v) is 5.36. The molecule has 4 unspecified atom stereocenters. The number of ether oxygens (including phenoxy) is 3. The first kappa shape index (κ1) is 24.7. The second kappa shape index (κ2) is 9.63. The Balaban J connectivity index is 1.33. The Morgan fingerprint density at radius 2 is 1.68 bits per heavy atom. The predicted molar refractivity (Wildman–Crippen MR) is 139 cm³/mol. The van der Waals surface area contributed by atoms with Crippen LogP contribution in [0.1, 0.15) is 37.1 Å². The van der Waals surface area contributed by atoms with Crippen LogP contribution >= 0.6 is 11.6 Å². The summed E-state index contributed by atoms with van der Waals surface area (Å²) in [5, 5.41) is 13.1. The van der Waals surface area contributed by atoms with Crippen molar-refractivity contribution in [2.24, 2.45) is 0 Å². The fourth-order valence-electron chi connectivity index (χ4n) is 5.20. The summed E-state index contributed by atoms with van der Waals surface area (Å²) in [6.45, 7) is 4.01. The molecule has 11 heteroatoms. The van der Waals surface area contributed by atoms with Crippen LogP contribution < -0.4 is 5.32 Å². The molecule has 0 amide bonds. The van der Waals surface area contributed by atoms with Gasteiger partial charge in [-0.25, -0.2) is 9.78 Å². The highest BCUT2D eigenvalue weighted by Crippen LogP contribution is 2.44. The van der Waals surface area contributed by atoms with Crippen molar-refractivity contribution in [2.75, 3.05) is 11.9 Å². The van der Waals surface area contributed by atoms with Gasteiger partial charge < -0.3 is 24.6 Å². The monoisotopic (exact) mass is 535 g/mol. The number of carboxylic acid groups (broad SMARTS) is 1. The third-order valence-corrected chi connectivity index (χ3v) is 6.99. The summed E-state index contributed by atoms with van der Waals surface area (Å²) in [5.41, 5.74) is 3.18. The van der Waals surface area contributed by atoms with Gasteiger partial charge in [0.1, 0.15) is 12.2 Å². The van der Waals surface area contributed by atoms with Gasteiger partial charge in [0.2, 0.25) is 5.28 Å². The molecule has 6 rings (SSSR count). The topological polar surface area (TPSA) is 121 Å². The van der Waals surface area contributed by atoms with E-state index in [0.29, 0.717) is 23.5 Å². The van der Waals surface area contributed by atoms with E-state index in [9.17, 15) is 9.90 Å². The lowest BCUT2D eigenvalue weighted by Crippen LogP contribution is -2.35. The molecule has 2 fully saturated rings. The van der Waals surface area contributed by atoms with Crippen LogP contribution in [-0.4, -0.2) is 61.2 Å². The molecule has 0 bridgehead atoms. The summed E-state index contributed by atoms with van der Waals surface area (Å²) in [6, 6.07) is 20.4. The second-order valence-corrected chi connectivity index (χ2v) is 10.1. The number of anilines is 1. The van der Waals surface area contributed by atoms with E-state index in [1.807, 2.05) is 36.4 Å². The van der Waals surface area contributed by atoms with E-state index in [2.05, 4.69) is 44.5 Å². The Bertz CT molecular complexity index is 1430. The lowest BCUT2D eigenvalue weighted by atomic mass is 9.91. The van der Waals surface area contributed by atoms with Gasteiger partial charge in [0.05, 0.1) is 6.33 Å². The van der Waals surface area contributed by atoms with E-state index >= 15 is 0 Å². The summed E-state index contributed by atoms with van der Waals surface area (Å²) in [4.78, 5) is 25.2. The van der Waals surface area contributed by atoms with Crippen molar-refractivity contribution in [3.05, 3.63) is 83.4 Å². The van der Waals surface area contributed by atoms with Crippen LogP contribution in [0.4, 0.5) is 5.82 Å².